The van der Waals surface area contributed by atoms with Crippen LogP contribution in [-0.4, -0.2) is 6.61 Å². The second kappa shape index (κ2) is 11.1. The average molecular weight is 403 g/mol. The molecule has 154 valence electrons. The van der Waals surface area contributed by atoms with Gasteiger partial charge < -0.3 is 9.47 Å². The van der Waals surface area contributed by atoms with Crippen LogP contribution in [-0.2, 0) is 6.42 Å². The first-order chi connectivity index (χ1) is 14.7. The fourth-order valence-electron chi connectivity index (χ4n) is 3.27. The molecule has 3 heteroatoms. The summed E-state index contributed by atoms with van der Waals surface area (Å²) in [6, 6.07) is 22.3. The van der Waals surface area contributed by atoms with Crippen LogP contribution in [0.5, 0.6) is 17.2 Å². The summed E-state index contributed by atoms with van der Waals surface area (Å²) in [5, 5.41) is 0. The number of aryl methyl sites for hydroxylation is 1. The van der Waals surface area contributed by atoms with Gasteiger partial charge >= 0.3 is 0 Å². The van der Waals surface area contributed by atoms with E-state index in [9.17, 15) is 4.39 Å². The standard InChI is InChI=1S/C27H27FO2/c1-3-19-29-24-16-14-23(15-17-24)22(4-2)10-8-9-21-13-18-26(28)27(20-21)30-25-11-6-5-7-12-25/h2,5-7,11-18,20,22H,3,8-10,19H2,1H3. The number of terminal acetylenes is 1. The summed E-state index contributed by atoms with van der Waals surface area (Å²) in [6.45, 7) is 2.80. The monoisotopic (exact) mass is 402 g/mol. The van der Waals surface area contributed by atoms with E-state index in [0.29, 0.717) is 12.4 Å². The lowest BCUT2D eigenvalue weighted by Gasteiger charge is -2.13. The topological polar surface area (TPSA) is 18.5 Å². The van der Waals surface area contributed by atoms with Crippen LogP contribution < -0.4 is 9.47 Å². The van der Waals surface area contributed by atoms with Crippen LogP contribution in [0.2, 0.25) is 0 Å². The van der Waals surface area contributed by atoms with Crippen molar-refractivity contribution in [3.05, 3.63) is 89.7 Å². The van der Waals surface area contributed by atoms with E-state index in [1.54, 1.807) is 12.1 Å². The van der Waals surface area contributed by atoms with Gasteiger partial charge in [0.1, 0.15) is 11.5 Å². The fourth-order valence-corrected chi connectivity index (χ4v) is 3.27. The number of benzene rings is 3. The third kappa shape index (κ3) is 6.12. The van der Waals surface area contributed by atoms with Gasteiger partial charge in [0.05, 0.1) is 6.61 Å². The molecule has 0 aliphatic heterocycles. The second-order valence-corrected chi connectivity index (χ2v) is 7.21. The summed E-state index contributed by atoms with van der Waals surface area (Å²) in [5.41, 5.74) is 2.15. The Balaban J connectivity index is 1.57. The minimum absolute atomic E-state index is 0.0470. The Morgan fingerprint density at radius 1 is 0.967 bits per heavy atom. The lowest BCUT2D eigenvalue weighted by atomic mass is 9.93. The number of halogens is 1. The van der Waals surface area contributed by atoms with Gasteiger partial charge in [0.2, 0.25) is 0 Å². The predicted octanol–water partition coefficient (Wildman–Crippen LogP) is 7.15. The van der Waals surface area contributed by atoms with Crippen LogP contribution in [0, 0.1) is 18.2 Å². The smallest absolute Gasteiger partial charge is 0.165 e. The maximum Gasteiger partial charge on any atom is 0.165 e. The highest BCUT2D eigenvalue weighted by Gasteiger charge is 2.10. The van der Waals surface area contributed by atoms with Gasteiger partial charge in [-0.3, -0.25) is 0 Å². The number of hydrogen-bond donors (Lipinski definition) is 0. The molecule has 0 saturated heterocycles. The molecule has 0 aliphatic rings. The quantitative estimate of drug-likeness (QED) is 0.335. The van der Waals surface area contributed by atoms with Crippen molar-refractivity contribution in [1.29, 1.82) is 0 Å². The summed E-state index contributed by atoms with van der Waals surface area (Å²) >= 11 is 0. The summed E-state index contributed by atoms with van der Waals surface area (Å²) in [4.78, 5) is 0. The van der Waals surface area contributed by atoms with Crippen molar-refractivity contribution in [3.8, 4) is 29.6 Å². The van der Waals surface area contributed by atoms with E-state index in [1.165, 1.54) is 6.07 Å². The van der Waals surface area contributed by atoms with Gasteiger partial charge in [-0.25, -0.2) is 4.39 Å². The Morgan fingerprint density at radius 3 is 2.43 bits per heavy atom. The molecule has 0 N–H and O–H groups in total. The molecule has 0 amide bonds. The van der Waals surface area contributed by atoms with Crippen molar-refractivity contribution in [2.45, 2.75) is 38.5 Å². The molecular weight excluding hydrogens is 375 g/mol. The largest absolute Gasteiger partial charge is 0.494 e. The van der Waals surface area contributed by atoms with Crippen molar-refractivity contribution in [2.75, 3.05) is 6.61 Å². The van der Waals surface area contributed by atoms with Crippen LogP contribution in [0.4, 0.5) is 4.39 Å². The molecule has 3 aromatic rings. The Bertz CT molecular complexity index is 958. The normalized spacial score (nSPS) is 11.5. The zero-order valence-electron chi connectivity index (χ0n) is 17.3. The van der Waals surface area contributed by atoms with E-state index >= 15 is 0 Å². The first-order valence-corrected chi connectivity index (χ1v) is 10.4. The molecule has 1 atom stereocenters. The summed E-state index contributed by atoms with van der Waals surface area (Å²) in [6.07, 6.45) is 9.33. The van der Waals surface area contributed by atoms with Crippen molar-refractivity contribution < 1.29 is 13.9 Å². The molecule has 30 heavy (non-hydrogen) atoms. The number of hydrogen-bond acceptors (Lipinski definition) is 2. The summed E-state index contributed by atoms with van der Waals surface area (Å²) in [7, 11) is 0. The molecule has 3 rings (SSSR count). The van der Waals surface area contributed by atoms with E-state index in [1.807, 2.05) is 54.6 Å². The molecule has 1 unspecified atom stereocenters. The van der Waals surface area contributed by atoms with Crippen LogP contribution in [0.15, 0.2) is 72.8 Å². The zero-order valence-corrected chi connectivity index (χ0v) is 17.3. The molecule has 0 heterocycles. The molecule has 0 aromatic heterocycles. The van der Waals surface area contributed by atoms with Crippen LogP contribution in [0.25, 0.3) is 0 Å². The van der Waals surface area contributed by atoms with E-state index in [2.05, 4.69) is 12.8 Å². The molecule has 0 saturated carbocycles. The summed E-state index contributed by atoms with van der Waals surface area (Å²) in [5.74, 6) is 4.31. The maximum atomic E-state index is 14.1. The molecule has 3 aromatic carbocycles. The molecule has 0 aliphatic carbocycles. The lowest BCUT2D eigenvalue weighted by molar-refractivity contribution is 0.317. The van der Waals surface area contributed by atoms with Gasteiger partial charge in [-0.2, -0.15) is 0 Å². The van der Waals surface area contributed by atoms with Crippen molar-refractivity contribution in [1.82, 2.24) is 0 Å². The highest BCUT2D eigenvalue weighted by molar-refractivity contribution is 5.36. The van der Waals surface area contributed by atoms with Gasteiger partial charge in [0.15, 0.2) is 11.6 Å². The SMILES string of the molecule is C#CC(CCCc1ccc(F)c(Oc2ccccc2)c1)c1ccc(OCCC)cc1. The number of ether oxygens (including phenoxy) is 2. The van der Waals surface area contributed by atoms with Crippen molar-refractivity contribution in [3.63, 3.8) is 0 Å². The van der Waals surface area contributed by atoms with Gasteiger partial charge in [0, 0.05) is 5.92 Å². The number of rotatable bonds is 10. The lowest BCUT2D eigenvalue weighted by Crippen LogP contribution is -1.99. The zero-order chi connectivity index (χ0) is 21.2. The minimum Gasteiger partial charge on any atom is -0.494 e. The van der Waals surface area contributed by atoms with Crippen LogP contribution in [0.1, 0.15) is 43.2 Å². The first-order valence-electron chi connectivity index (χ1n) is 10.4. The first kappa shape index (κ1) is 21.5. The van der Waals surface area contributed by atoms with Gasteiger partial charge in [-0.1, -0.05) is 49.2 Å². The molecular formula is C27H27FO2. The average Bonchev–Trinajstić information content (AvgIpc) is 2.78. The van der Waals surface area contributed by atoms with Gasteiger partial charge in [0.25, 0.3) is 0 Å². The second-order valence-electron chi connectivity index (χ2n) is 7.21. The van der Waals surface area contributed by atoms with Gasteiger partial charge in [-0.05, 0) is 73.2 Å². The van der Waals surface area contributed by atoms with Crippen molar-refractivity contribution in [2.24, 2.45) is 0 Å². The maximum absolute atomic E-state index is 14.1. The highest BCUT2D eigenvalue weighted by atomic mass is 19.1. The van der Waals surface area contributed by atoms with E-state index in [-0.39, 0.29) is 17.5 Å². The Hall–Kier alpha value is -3.25. The molecule has 0 radical (unpaired) electrons. The predicted molar refractivity (Wildman–Crippen MR) is 120 cm³/mol. The Kier molecular flexibility index (Phi) is 7.92. The third-order valence-electron chi connectivity index (χ3n) is 4.88. The number of para-hydroxylation sites is 1. The van der Waals surface area contributed by atoms with Crippen LogP contribution in [0.3, 0.4) is 0 Å². The van der Waals surface area contributed by atoms with E-state index in [4.69, 9.17) is 15.9 Å². The van der Waals surface area contributed by atoms with E-state index < -0.39 is 0 Å². The van der Waals surface area contributed by atoms with E-state index in [0.717, 1.165) is 42.6 Å². The Labute approximate surface area is 178 Å². The molecule has 0 bridgehead atoms. The van der Waals surface area contributed by atoms with Crippen molar-refractivity contribution >= 4 is 0 Å². The van der Waals surface area contributed by atoms with Gasteiger partial charge in [-0.15, -0.1) is 6.42 Å². The van der Waals surface area contributed by atoms with Crippen LogP contribution >= 0.6 is 0 Å². The molecule has 2 nitrogen and oxygen atoms in total. The third-order valence-corrected chi connectivity index (χ3v) is 4.88. The summed E-state index contributed by atoms with van der Waals surface area (Å²) < 4.78 is 25.4. The molecule has 0 spiro atoms. The Morgan fingerprint density at radius 2 is 1.73 bits per heavy atom. The molecule has 0 fully saturated rings. The fraction of sp³-hybridized carbons (Fsp3) is 0.259. The minimum atomic E-state index is -0.366. The highest BCUT2D eigenvalue weighted by Crippen LogP contribution is 2.28.